The number of carbonyl (C=O) groups excluding carboxylic acids is 2. The molecule has 0 atom stereocenters. The van der Waals surface area contributed by atoms with Gasteiger partial charge in [0.05, 0.1) is 12.2 Å². The predicted molar refractivity (Wildman–Crippen MR) is 129 cm³/mol. The van der Waals surface area contributed by atoms with Gasteiger partial charge in [0.15, 0.2) is 5.82 Å². The van der Waals surface area contributed by atoms with E-state index in [2.05, 4.69) is 20.2 Å². The number of anilines is 2. The molecule has 0 spiro atoms. The van der Waals surface area contributed by atoms with E-state index < -0.39 is 0 Å². The second-order valence-electron chi connectivity index (χ2n) is 8.15. The highest BCUT2D eigenvalue weighted by atomic mass is 16.5. The molecule has 0 radical (unpaired) electrons. The minimum atomic E-state index is -0.373. The van der Waals surface area contributed by atoms with Gasteiger partial charge in [-0.15, -0.1) is 0 Å². The van der Waals surface area contributed by atoms with Crippen molar-refractivity contribution < 1.29 is 19.1 Å². The van der Waals surface area contributed by atoms with Crippen LogP contribution in [0, 0.1) is 12.8 Å². The SMILES string of the molecule is CCOC(=O)c1ccc(NC(=O)C2CCN(c3nccnc3Oc3ccc(C)cc3)CC2)cc1. The molecule has 0 unspecified atom stereocenters. The van der Waals surface area contributed by atoms with Gasteiger partial charge in [-0.3, -0.25) is 4.79 Å². The van der Waals surface area contributed by atoms with Crippen molar-refractivity contribution in [2.75, 3.05) is 29.9 Å². The van der Waals surface area contributed by atoms with Gasteiger partial charge in [0, 0.05) is 37.1 Å². The summed E-state index contributed by atoms with van der Waals surface area (Å²) in [5.41, 5.74) is 2.27. The van der Waals surface area contributed by atoms with Crippen molar-refractivity contribution in [3.05, 3.63) is 72.1 Å². The van der Waals surface area contributed by atoms with Crippen molar-refractivity contribution in [1.82, 2.24) is 9.97 Å². The normalized spacial score (nSPS) is 13.9. The first-order chi connectivity index (χ1) is 16.5. The fourth-order valence-electron chi connectivity index (χ4n) is 3.83. The van der Waals surface area contributed by atoms with Gasteiger partial charge in [-0.25, -0.2) is 14.8 Å². The molecule has 1 aliphatic rings. The quantitative estimate of drug-likeness (QED) is 0.515. The minimum absolute atomic E-state index is 0.0289. The summed E-state index contributed by atoms with van der Waals surface area (Å²) in [6.45, 7) is 5.45. The van der Waals surface area contributed by atoms with Crippen LogP contribution in [0.3, 0.4) is 0 Å². The Labute approximate surface area is 198 Å². The first-order valence-corrected chi connectivity index (χ1v) is 11.4. The van der Waals surface area contributed by atoms with E-state index in [0.29, 0.717) is 61.2 Å². The van der Waals surface area contributed by atoms with Crippen LogP contribution in [0.15, 0.2) is 60.9 Å². The highest BCUT2D eigenvalue weighted by molar-refractivity contribution is 5.94. The van der Waals surface area contributed by atoms with Gasteiger partial charge in [0.2, 0.25) is 5.91 Å². The molecule has 34 heavy (non-hydrogen) atoms. The summed E-state index contributed by atoms with van der Waals surface area (Å²) in [5, 5.41) is 2.95. The van der Waals surface area contributed by atoms with E-state index in [1.807, 2.05) is 31.2 Å². The van der Waals surface area contributed by atoms with Crippen LogP contribution in [0.5, 0.6) is 11.6 Å². The number of rotatable bonds is 7. The van der Waals surface area contributed by atoms with Crippen molar-refractivity contribution >= 4 is 23.4 Å². The molecule has 176 valence electrons. The van der Waals surface area contributed by atoms with Crippen LogP contribution in [-0.4, -0.2) is 41.5 Å². The maximum absolute atomic E-state index is 12.8. The Morgan fingerprint density at radius 3 is 2.35 bits per heavy atom. The van der Waals surface area contributed by atoms with Crippen LogP contribution in [0.25, 0.3) is 0 Å². The Bertz CT molecular complexity index is 1120. The zero-order chi connectivity index (χ0) is 23.9. The van der Waals surface area contributed by atoms with Crippen LogP contribution in [0.4, 0.5) is 11.5 Å². The lowest BCUT2D eigenvalue weighted by atomic mass is 9.95. The van der Waals surface area contributed by atoms with Gasteiger partial charge in [0.25, 0.3) is 5.88 Å². The van der Waals surface area contributed by atoms with Crippen LogP contribution in [0.1, 0.15) is 35.7 Å². The van der Waals surface area contributed by atoms with E-state index in [0.717, 1.165) is 5.56 Å². The lowest BCUT2D eigenvalue weighted by molar-refractivity contribution is -0.120. The molecule has 8 nitrogen and oxygen atoms in total. The number of nitrogens with zero attached hydrogens (tertiary/aromatic N) is 3. The Balaban J connectivity index is 1.34. The lowest BCUT2D eigenvalue weighted by Gasteiger charge is -2.32. The predicted octanol–water partition coefficient (Wildman–Crippen LogP) is 4.61. The van der Waals surface area contributed by atoms with Crippen molar-refractivity contribution in [2.45, 2.75) is 26.7 Å². The third-order valence-electron chi connectivity index (χ3n) is 5.71. The molecule has 1 fully saturated rings. The van der Waals surface area contributed by atoms with Gasteiger partial charge < -0.3 is 19.7 Å². The topological polar surface area (TPSA) is 93.7 Å². The van der Waals surface area contributed by atoms with Crippen molar-refractivity contribution in [2.24, 2.45) is 5.92 Å². The van der Waals surface area contributed by atoms with Crippen LogP contribution < -0.4 is 15.0 Å². The molecule has 0 saturated carbocycles. The molecular formula is C26H28N4O4. The summed E-state index contributed by atoms with van der Waals surface area (Å²) in [4.78, 5) is 35.5. The van der Waals surface area contributed by atoms with Crippen LogP contribution >= 0.6 is 0 Å². The maximum Gasteiger partial charge on any atom is 0.338 e. The lowest BCUT2D eigenvalue weighted by Crippen LogP contribution is -2.38. The fourth-order valence-corrected chi connectivity index (χ4v) is 3.83. The van der Waals surface area contributed by atoms with E-state index in [1.165, 1.54) is 0 Å². The molecule has 1 aliphatic heterocycles. The number of aromatic nitrogens is 2. The molecule has 4 rings (SSSR count). The Kier molecular flexibility index (Phi) is 7.37. The van der Waals surface area contributed by atoms with Crippen molar-refractivity contribution in [3.8, 4) is 11.6 Å². The zero-order valence-electron chi connectivity index (χ0n) is 19.4. The van der Waals surface area contributed by atoms with E-state index in [4.69, 9.17) is 9.47 Å². The molecule has 8 heteroatoms. The number of hydrogen-bond donors (Lipinski definition) is 1. The average Bonchev–Trinajstić information content (AvgIpc) is 2.86. The van der Waals surface area contributed by atoms with Crippen molar-refractivity contribution in [1.29, 1.82) is 0 Å². The van der Waals surface area contributed by atoms with E-state index >= 15 is 0 Å². The van der Waals surface area contributed by atoms with Crippen LogP contribution in [0.2, 0.25) is 0 Å². The summed E-state index contributed by atoms with van der Waals surface area (Å²) in [6, 6.07) is 14.5. The number of hydrogen-bond acceptors (Lipinski definition) is 7. The highest BCUT2D eigenvalue weighted by Gasteiger charge is 2.27. The molecule has 0 aliphatic carbocycles. The largest absolute Gasteiger partial charge is 0.462 e. The van der Waals surface area contributed by atoms with Crippen LogP contribution in [-0.2, 0) is 9.53 Å². The fraction of sp³-hybridized carbons (Fsp3) is 0.308. The van der Waals surface area contributed by atoms with Gasteiger partial charge >= 0.3 is 5.97 Å². The average molecular weight is 461 g/mol. The maximum atomic E-state index is 12.8. The number of amides is 1. The molecule has 1 saturated heterocycles. The van der Waals surface area contributed by atoms with Gasteiger partial charge in [0.1, 0.15) is 5.75 Å². The summed E-state index contributed by atoms with van der Waals surface area (Å²) in [7, 11) is 0. The first-order valence-electron chi connectivity index (χ1n) is 11.4. The minimum Gasteiger partial charge on any atom is -0.462 e. The highest BCUT2D eigenvalue weighted by Crippen LogP contribution is 2.31. The molecule has 3 aromatic rings. The molecule has 1 aromatic heterocycles. The van der Waals surface area contributed by atoms with Gasteiger partial charge in [-0.1, -0.05) is 17.7 Å². The van der Waals surface area contributed by atoms with Gasteiger partial charge in [-0.2, -0.15) is 0 Å². The van der Waals surface area contributed by atoms with Gasteiger partial charge in [-0.05, 0) is 63.1 Å². The standard InChI is InChI=1S/C26H28N4O4/c1-3-33-26(32)20-6-8-21(9-7-20)29-24(31)19-12-16-30(17-13-19)23-25(28-15-14-27-23)34-22-10-4-18(2)5-11-22/h4-11,14-15,19H,3,12-13,16-17H2,1-2H3,(H,29,31). The number of benzene rings is 2. The first kappa shape index (κ1) is 23.2. The second kappa shape index (κ2) is 10.8. The molecule has 0 bridgehead atoms. The summed E-state index contributed by atoms with van der Waals surface area (Å²) < 4.78 is 11.0. The van der Waals surface area contributed by atoms with E-state index in [1.54, 1.807) is 43.6 Å². The monoisotopic (exact) mass is 460 g/mol. The summed E-state index contributed by atoms with van der Waals surface area (Å²) >= 11 is 0. The zero-order valence-corrected chi connectivity index (χ0v) is 19.4. The Morgan fingerprint density at radius 2 is 1.68 bits per heavy atom. The second-order valence-corrected chi connectivity index (χ2v) is 8.15. The number of piperidine rings is 1. The van der Waals surface area contributed by atoms with E-state index in [-0.39, 0.29) is 17.8 Å². The molecule has 2 heterocycles. The summed E-state index contributed by atoms with van der Waals surface area (Å²) in [5.74, 6) is 1.32. The van der Waals surface area contributed by atoms with E-state index in [9.17, 15) is 9.59 Å². The van der Waals surface area contributed by atoms with Crippen molar-refractivity contribution in [3.63, 3.8) is 0 Å². The third-order valence-corrected chi connectivity index (χ3v) is 5.71. The third kappa shape index (κ3) is 5.70. The molecule has 1 amide bonds. The number of ether oxygens (including phenoxy) is 2. The number of nitrogens with one attached hydrogen (secondary N) is 1. The summed E-state index contributed by atoms with van der Waals surface area (Å²) in [6.07, 6.45) is 4.64. The number of esters is 1. The smallest absolute Gasteiger partial charge is 0.338 e. The molecular weight excluding hydrogens is 432 g/mol. The number of carbonyl (C=O) groups is 2. The molecule has 1 N–H and O–H groups in total. The number of aryl methyl sites for hydroxylation is 1. The Morgan fingerprint density at radius 1 is 1.00 bits per heavy atom. The molecule has 2 aromatic carbocycles. The Hall–Kier alpha value is -3.94.